The number of aromatic nitrogens is 1. The first-order valence-electron chi connectivity index (χ1n) is 11.9. The van der Waals surface area contributed by atoms with Gasteiger partial charge in [-0.05, 0) is 54.5 Å². The lowest BCUT2D eigenvalue weighted by molar-refractivity contribution is -0.139. The van der Waals surface area contributed by atoms with E-state index in [2.05, 4.69) is 4.99 Å². The Hall–Kier alpha value is -4.17. The number of carbonyl (C=O) groups is 1. The second-order valence-corrected chi connectivity index (χ2v) is 9.49. The molecule has 7 nitrogen and oxygen atoms in total. The van der Waals surface area contributed by atoms with Gasteiger partial charge in [0, 0.05) is 5.56 Å². The van der Waals surface area contributed by atoms with Crippen molar-refractivity contribution in [3.8, 4) is 11.5 Å². The van der Waals surface area contributed by atoms with Gasteiger partial charge in [0.05, 0.1) is 36.6 Å². The van der Waals surface area contributed by atoms with Crippen LogP contribution >= 0.6 is 11.3 Å². The van der Waals surface area contributed by atoms with Crippen molar-refractivity contribution in [3.05, 3.63) is 103 Å². The molecule has 0 radical (unpaired) electrons. The molecule has 0 fully saturated rings. The summed E-state index contributed by atoms with van der Waals surface area (Å²) in [4.78, 5) is 32.4. The number of hydrogen-bond acceptors (Lipinski definition) is 7. The Bertz CT molecular complexity index is 1730. The van der Waals surface area contributed by atoms with Crippen LogP contribution in [0.2, 0.25) is 0 Å². The summed E-state index contributed by atoms with van der Waals surface area (Å²) < 4.78 is 18.6. The molecule has 37 heavy (non-hydrogen) atoms. The van der Waals surface area contributed by atoms with E-state index in [0.29, 0.717) is 37.7 Å². The molecule has 0 bridgehead atoms. The van der Waals surface area contributed by atoms with Gasteiger partial charge in [-0.3, -0.25) is 9.36 Å². The third-order valence-corrected chi connectivity index (χ3v) is 7.32. The summed E-state index contributed by atoms with van der Waals surface area (Å²) >= 11 is 1.28. The van der Waals surface area contributed by atoms with Gasteiger partial charge in [-0.25, -0.2) is 9.79 Å². The van der Waals surface area contributed by atoms with Gasteiger partial charge >= 0.3 is 5.97 Å². The second-order valence-electron chi connectivity index (χ2n) is 8.48. The van der Waals surface area contributed by atoms with Gasteiger partial charge in [0.1, 0.15) is 17.5 Å². The number of ether oxygens (including phenoxy) is 3. The van der Waals surface area contributed by atoms with Gasteiger partial charge in [0.2, 0.25) is 0 Å². The van der Waals surface area contributed by atoms with Gasteiger partial charge < -0.3 is 14.2 Å². The summed E-state index contributed by atoms with van der Waals surface area (Å²) in [6.45, 7) is 3.73. The highest BCUT2D eigenvalue weighted by Gasteiger charge is 2.36. The Morgan fingerprint density at radius 1 is 1.08 bits per heavy atom. The van der Waals surface area contributed by atoms with E-state index < -0.39 is 12.0 Å². The first-order valence-corrected chi connectivity index (χ1v) is 12.7. The summed E-state index contributed by atoms with van der Waals surface area (Å²) in [7, 11) is 3.19. The Balaban J connectivity index is 1.84. The molecule has 0 aliphatic carbocycles. The van der Waals surface area contributed by atoms with E-state index in [9.17, 15) is 9.59 Å². The fourth-order valence-corrected chi connectivity index (χ4v) is 5.73. The molecule has 188 valence electrons. The van der Waals surface area contributed by atoms with Gasteiger partial charge in [-0.2, -0.15) is 0 Å². The number of nitrogens with zero attached hydrogens (tertiary/aromatic N) is 2. The molecule has 1 aliphatic rings. The lowest BCUT2D eigenvalue weighted by Crippen LogP contribution is -2.40. The summed E-state index contributed by atoms with van der Waals surface area (Å²) in [5, 5.41) is 1.85. The van der Waals surface area contributed by atoms with E-state index in [4.69, 9.17) is 14.2 Å². The molecule has 2 heterocycles. The molecule has 3 aromatic carbocycles. The maximum absolute atomic E-state index is 14.0. The van der Waals surface area contributed by atoms with Gasteiger partial charge in [0.25, 0.3) is 5.56 Å². The van der Waals surface area contributed by atoms with Crippen molar-refractivity contribution < 1.29 is 19.0 Å². The molecule has 1 aromatic heterocycles. The van der Waals surface area contributed by atoms with Crippen LogP contribution in [0.1, 0.15) is 31.0 Å². The maximum atomic E-state index is 14.0. The van der Waals surface area contributed by atoms with Crippen molar-refractivity contribution >= 4 is 34.2 Å². The Labute approximate surface area is 217 Å². The van der Waals surface area contributed by atoms with E-state index >= 15 is 0 Å². The van der Waals surface area contributed by atoms with Crippen LogP contribution in [-0.4, -0.2) is 31.4 Å². The summed E-state index contributed by atoms with van der Waals surface area (Å²) in [6, 6.07) is 18.4. The van der Waals surface area contributed by atoms with Crippen molar-refractivity contribution in [2.24, 2.45) is 4.99 Å². The number of methoxy groups -OCH3 is 2. The number of carbonyl (C=O) groups excluding carboxylic acids is 1. The molecule has 0 saturated heterocycles. The van der Waals surface area contributed by atoms with Crippen molar-refractivity contribution in [2.75, 3.05) is 20.8 Å². The van der Waals surface area contributed by atoms with E-state index in [1.54, 1.807) is 32.6 Å². The molecule has 0 spiro atoms. The predicted octanol–water partition coefficient (Wildman–Crippen LogP) is 3.97. The maximum Gasteiger partial charge on any atom is 0.338 e. The lowest BCUT2D eigenvalue weighted by Gasteiger charge is -2.27. The van der Waals surface area contributed by atoms with Crippen LogP contribution in [0.4, 0.5) is 0 Å². The lowest BCUT2D eigenvalue weighted by atomic mass is 9.90. The Morgan fingerprint density at radius 3 is 2.65 bits per heavy atom. The van der Waals surface area contributed by atoms with E-state index in [0.717, 1.165) is 16.3 Å². The third kappa shape index (κ3) is 4.34. The summed E-state index contributed by atoms with van der Waals surface area (Å²) in [6.07, 6.45) is 1.81. The topological polar surface area (TPSA) is 79.1 Å². The minimum absolute atomic E-state index is 0.204. The quantitative estimate of drug-likeness (QED) is 0.364. The molecule has 4 aromatic rings. The zero-order valence-corrected chi connectivity index (χ0v) is 21.8. The molecule has 0 saturated carbocycles. The van der Waals surface area contributed by atoms with Gasteiger partial charge in [0.15, 0.2) is 4.80 Å². The van der Waals surface area contributed by atoms with E-state index in [1.165, 1.54) is 11.3 Å². The first-order chi connectivity index (χ1) is 18.0. The van der Waals surface area contributed by atoms with Crippen LogP contribution in [0.5, 0.6) is 11.5 Å². The molecule has 0 amide bonds. The normalized spacial score (nSPS) is 15.4. The largest absolute Gasteiger partial charge is 0.497 e. The second kappa shape index (κ2) is 10.1. The zero-order valence-electron chi connectivity index (χ0n) is 21.0. The highest BCUT2D eigenvalue weighted by molar-refractivity contribution is 7.07. The number of esters is 1. The molecule has 5 rings (SSSR count). The molecule has 0 unspecified atom stereocenters. The molecule has 0 N–H and O–H groups in total. The number of benzene rings is 3. The van der Waals surface area contributed by atoms with Crippen molar-refractivity contribution in [1.29, 1.82) is 0 Å². The highest BCUT2D eigenvalue weighted by atomic mass is 32.1. The monoisotopic (exact) mass is 514 g/mol. The fourth-order valence-electron chi connectivity index (χ4n) is 4.68. The molecule has 8 heteroatoms. The van der Waals surface area contributed by atoms with E-state index in [-0.39, 0.29) is 12.2 Å². The predicted molar refractivity (Wildman–Crippen MR) is 144 cm³/mol. The van der Waals surface area contributed by atoms with Gasteiger partial charge in [-0.1, -0.05) is 53.8 Å². The minimum Gasteiger partial charge on any atom is -0.497 e. The van der Waals surface area contributed by atoms with Crippen LogP contribution < -0.4 is 24.4 Å². The zero-order chi connectivity index (χ0) is 26.1. The van der Waals surface area contributed by atoms with Crippen LogP contribution in [0, 0.1) is 0 Å². The smallest absolute Gasteiger partial charge is 0.338 e. The molecule has 1 aliphatic heterocycles. The Morgan fingerprint density at radius 2 is 1.89 bits per heavy atom. The number of rotatable bonds is 6. The standard InChI is InChI=1S/C29H26N2O5S/c1-5-36-28(33)24-17(2)30-29-31(27(32)23(37-29)16-18-9-8-11-20(15-18)34-3)26(24)25-21-12-7-6-10-19(21)13-14-22(25)35-4/h6-16,26H,5H2,1-4H3/b23-16+/t26-/m0/s1. The summed E-state index contributed by atoms with van der Waals surface area (Å²) in [5.74, 6) is 0.758. The van der Waals surface area contributed by atoms with Gasteiger partial charge in [-0.15, -0.1) is 0 Å². The summed E-state index contributed by atoms with van der Waals surface area (Å²) in [5.41, 5.74) is 2.11. The van der Waals surface area contributed by atoms with Crippen molar-refractivity contribution in [1.82, 2.24) is 4.57 Å². The fraction of sp³-hybridized carbons (Fsp3) is 0.207. The average Bonchev–Trinajstić information content (AvgIpc) is 3.21. The SMILES string of the molecule is CCOC(=O)C1=C(C)N=c2s/c(=C/c3cccc(OC)c3)c(=O)n2[C@@H]1c1c(OC)ccc2ccccc12. The van der Waals surface area contributed by atoms with Crippen LogP contribution in [0.25, 0.3) is 16.8 Å². The number of hydrogen-bond donors (Lipinski definition) is 0. The van der Waals surface area contributed by atoms with Crippen LogP contribution in [0.15, 0.2) is 81.7 Å². The van der Waals surface area contributed by atoms with Crippen molar-refractivity contribution in [3.63, 3.8) is 0 Å². The molecular weight excluding hydrogens is 488 g/mol. The number of fused-ring (bicyclic) bond motifs is 2. The van der Waals surface area contributed by atoms with Crippen LogP contribution in [-0.2, 0) is 9.53 Å². The van der Waals surface area contributed by atoms with Crippen molar-refractivity contribution in [2.45, 2.75) is 19.9 Å². The molecule has 1 atom stereocenters. The van der Waals surface area contributed by atoms with Crippen LogP contribution in [0.3, 0.4) is 0 Å². The number of thiazole rings is 1. The minimum atomic E-state index is -0.774. The molecular formula is C29H26N2O5S. The highest BCUT2D eigenvalue weighted by Crippen LogP contribution is 2.40. The van der Waals surface area contributed by atoms with E-state index in [1.807, 2.05) is 66.7 Å². The Kier molecular flexibility index (Phi) is 6.67. The third-order valence-electron chi connectivity index (χ3n) is 6.33. The average molecular weight is 515 g/mol. The number of allylic oxidation sites excluding steroid dienone is 1. The first kappa shape index (κ1) is 24.5.